The summed E-state index contributed by atoms with van der Waals surface area (Å²) in [4.78, 5) is 33.7. The lowest BCUT2D eigenvalue weighted by atomic mass is 10.2. The molecule has 5 rings (SSSR count). The molecule has 0 aliphatic heterocycles. The number of thioether (sulfide) groups is 2. The third kappa shape index (κ3) is 5.24. The number of nitrogens with zero attached hydrogens (tertiary/aromatic N) is 2. The number of hydrogen-bond donors (Lipinski definition) is 2. The van der Waals surface area contributed by atoms with Crippen LogP contribution in [0.25, 0.3) is 22.2 Å². The zero-order valence-electron chi connectivity index (χ0n) is 17.7. The van der Waals surface area contributed by atoms with E-state index in [0.717, 1.165) is 11.0 Å². The second kappa shape index (κ2) is 10.0. The molecule has 8 nitrogen and oxygen atoms in total. The number of para-hydroxylation sites is 6. The summed E-state index contributed by atoms with van der Waals surface area (Å²) in [6.45, 7) is 0. The quantitative estimate of drug-likeness (QED) is 0.277. The molecule has 2 amide bonds. The number of nitrogens with one attached hydrogen (secondary N) is 2. The van der Waals surface area contributed by atoms with Crippen LogP contribution in [0.2, 0.25) is 0 Å². The fourth-order valence-electron chi connectivity index (χ4n) is 3.15. The molecule has 3 aromatic carbocycles. The van der Waals surface area contributed by atoms with Gasteiger partial charge in [0.1, 0.15) is 11.0 Å². The Kier molecular flexibility index (Phi) is 6.50. The molecule has 0 unspecified atom stereocenters. The predicted molar refractivity (Wildman–Crippen MR) is 133 cm³/mol. The van der Waals surface area contributed by atoms with Crippen molar-refractivity contribution >= 4 is 68.9 Å². The molecule has 0 fully saturated rings. The summed E-state index contributed by atoms with van der Waals surface area (Å²) in [6, 6.07) is 21.9. The predicted octanol–water partition coefficient (Wildman–Crippen LogP) is 5.43. The van der Waals surface area contributed by atoms with Gasteiger partial charge in [0, 0.05) is 0 Å². The van der Waals surface area contributed by atoms with Gasteiger partial charge < -0.3 is 19.5 Å². The van der Waals surface area contributed by atoms with E-state index in [4.69, 9.17) is 8.83 Å². The first-order chi connectivity index (χ1) is 16.6. The van der Waals surface area contributed by atoms with Crippen molar-refractivity contribution in [3.63, 3.8) is 0 Å². The molecule has 0 radical (unpaired) electrons. The minimum atomic E-state index is -0.241. The smallest absolute Gasteiger partial charge is 0.257 e. The standard InChI is InChI=1S/C24H18N4O4S2/c29-21(13-33-23-27-17-9-3-5-11-19(17)31-23)25-15-7-1-2-8-16(15)26-22(30)14-34-24-28-18-10-4-6-12-20(18)32-24/h1-12H,13-14H2,(H,25,29)(H,26,30). The number of fused-ring (bicyclic) bond motifs is 2. The van der Waals surface area contributed by atoms with Gasteiger partial charge in [-0.3, -0.25) is 9.59 Å². The summed E-state index contributed by atoms with van der Waals surface area (Å²) in [7, 11) is 0. The van der Waals surface area contributed by atoms with Crippen molar-refractivity contribution in [3.05, 3.63) is 72.8 Å². The highest BCUT2D eigenvalue weighted by atomic mass is 32.2. The van der Waals surface area contributed by atoms with Crippen LogP contribution in [0.4, 0.5) is 11.4 Å². The van der Waals surface area contributed by atoms with Gasteiger partial charge in [-0.25, -0.2) is 9.97 Å². The third-order valence-electron chi connectivity index (χ3n) is 4.68. The van der Waals surface area contributed by atoms with Crippen LogP contribution in [0, 0.1) is 0 Å². The summed E-state index contributed by atoms with van der Waals surface area (Å²) >= 11 is 2.41. The van der Waals surface area contributed by atoms with Crippen molar-refractivity contribution in [1.29, 1.82) is 0 Å². The van der Waals surface area contributed by atoms with Crippen LogP contribution in [-0.4, -0.2) is 33.3 Å². The fraction of sp³-hybridized carbons (Fsp3) is 0.0833. The van der Waals surface area contributed by atoms with E-state index in [1.165, 1.54) is 23.5 Å². The number of carbonyl (C=O) groups is 2. The van der Waals surface area contributed by atoms with Crippen molar-refractivity contribution < 1.29 is 18.4 Å². The molecule has 5 aromatic rings. The van der Waals surface area contributed by atoms with Gasteiger partial charge in [-0.1, -0.05) is 59.9 Å². The highest BCUT2D eigenvalue weighted by Gasteiger charge is 2.14. The van der Waals surface area contributed by atoms with Gasteiger partial charge in [-0.15, -0.1) is 0 Å². The average Bonchev–Trinajstić information content (AvgIpc) is 3.46. The Hall–Kier alpha value is -3.76. The van der Waals surface area contributed by atoms with Gasteiger partial charge in [-0.05, 0) is 36.4 Å². The number of hydrogen-bond acceptors (Lipinski definition) is 8. The number of rotatable bonds is 8. The Bertz CT molecular complexity index is 1300. The van der Waals surface area contributed by atoms with Crippen LogP contribution in [0.5, 0.6) is 0 Å². The Morgan fingerprint density at radius 2 is 1.06 bits per heavy atom. The molecule has 0 saturated carbocycles. The maximum atomic E-state index is 12.5. The number of aromatic nitrogens is 2. The Morgan fingerprint density at radius 3 is 1.50 bits per heavy atom. The zero-order valence-corrected chi connectivity index (χ0v) is 19.3. The summed E-state index contributed by atoms with van der Waals surface area (Å²) in [5, 5.41) is 6.51. The molecule has 170 valence electrons. The maximum absolute atomic E-state index is 12.5. The molecule has 10 heteroatoms. The molecule has 2 aromatic heterocycles. The summed E-state index contributed by atoms with van der Waals surface area (Å²) in [6.07, 6.45) is 0. The van der Waals surface area contributed by atoms with Crippen LogP contribution in [-0.2, 0) is 9.59 Å². The molecular weight excluding hydrogens is 472 g/mol. The van der Waals surface area contributed by atoms with Crippen molar-refractivity contribution in [2.45, 2.75) is 10.4 Å². The molecule has 0 spiro atoms. The first-order valence-electron chi connectivity index (χ1n) is 10.3. The first-order valence-corrected chi connectivity index (χ1v) is 12.3. The lowest BCUT2D eigenvalue weighted by molar-refractivity contribution is -0.114. The van der Waals surface area contributed by atoms with Gasteiger partial charge in [0.15, 0.2) is 11.2 Å². The van der Waals surface area contributed by atoms with Crippen LogP contribution < -0.4 is 10.6 Å². The monoisotopic (exact) mass is 490 g/mol. The molecule has 2 N–H and O–H groups in total. The molecule has 0 saturated heterocycles. The van der Waals surface area contributed by atoms with Crippen molar-refractivity contribution in [2.75, 3.05) is 22.1 Å². The minimum Gasteiger partial charge on any atom is -0.431 e. The normalized spacial score (nSPS) is 11.1. The first kappa shape index (κ1) is 22.1. The highest BCUT2D eigenvalue weighted by Crippen LogP contribution is 2.26. The topological polar surface area (TPSA) is 110 Å². The second-order valence-corrected chi connectivity index (χ2v) is 8.97. The number of amides is 2. The van der Waals surface area contributed by atoms with Crippen LogP contribution >= 0.6 is 23.5 Å². The Labute approximate surface area is 202 Å². The van der Waals surface area contributed by atoms with Gasteiger partial charge in [-0.2, -0.15) is 0 Å². The lowest BCUT2D eigenvalue weighted by Gasteiger charge is -2.11. The van der Waals surface area contributed by atoms with E-state index in [9.17, 15) is 9.59 Å². The van der Waals surface area contributed by atoms with Crippen molar-refractivity contribution in [1.82, 2.24) is 9.97 Å². The number of oxazole rings is 2. The molecule has 2 heterocycles. The lowest BCUT2D eigenvalue weighted by Crippen LogP contribution is -2.18. The highest BCUT2D eigenvalue weighted by molar-refractivity contribution is 8.00. The van der Waals surface area contributed by atoms with Gasteiger partial charge >= 0.3 is 0 Å². The van der Waals surface area contributed by atoms with Crippen molar-refractivity contribution in [2.24, 2.45) is 0 Å². The molecule has 0 aliphatic rings. The van der Waals surface area contributed by atoms with Gasteiger partial charge in [0.05, 0.1) is 22.9 Å². The molecule has 0 aliphatic carbocycles. The third-order valence-corrected chi connectivity index (χ3v) is 6.33. The average molecular weight is 491 g/mol. The zero-order chi connectivity index (χ0) is 23.3. The van der Waals surface area contributed by atoms with E-state index in [-0.39, 0.29) is 23.3 Å². The fourth-order valence-corrected chi connectivity index (χ4v) is 4.43. The van der Waals surface area contributed by atoms with E-state index in [2.05, 4.69) is 20.6 Å². The number of carbonyl (C=O) groups excluding carboxylic acids is 2. The summed E-state index contributed by atoms with van der Waals surface area (Å²) < 4.78 is 11.3. The van der Waals surface area contributed by atoms with Gasteiger partial charge in [0.25, 0.3) is 10.4 Å². The van der Waals surface area contributed by atoms with E-state index in [0.29, 0.717) is 33.0 Å². The molecule has 0 bridgehead atoms. The minimum absolute atomic E-state index is 0.114. The molecule has 0 atom stereocenters. The van der Waals surface area contributed by atoms with Crippen molar-refractivity contribution in [3.8, 4) is 0 Å². The Morgan fingerprint density at radius 1 is 0.647 bits per heavy atom. The van der Waals surface area contributed by atoms with Crippen LogP contribution in [0.15, 0.2) is 92.1 Å². The van der Waals surface area contributed by atoms with E-state index >= 15 is 0 Å². The van der Waals surface area contributed by atoms with Crippen LogP contribution in [0.1, 0.15) is 0 Å². The Balaban J connectivity index is 1.16. The second-order valence-electron chi connectivity index (χ2n) is 7.11. The van der Waals surface area contributed by atoms with Gasteiger partial charge in [0.2, 0.25) is 11.8 Å². The largest absolute Gasteiger partial charge is 0.431 e. The maximum Gasteiger partial charge on any atom is 0.257 e. The van der Waals surface area contributed by atoms with E-state index in [1.807, 2.05) is 48.5 Å². The van der Waals surface area contributed by atoms with E-state index < -0.39 is 0 Å². The summed E-state index contributed by atoms with van der Waals surface area (Å²) in [5.74, 6) is -0.254. The van der Waals surface area contributed by atoms with Crippen LogP contribution in [0.3, 0.4) is 0 Å². The SMILES string of the molecule is O=C(CSc1nc2ccccc2o1)Nc1ccccc1NC(=O)CSc1nc2ccccc2o1. The molecule has 34 heavy (non-hydrogen) atoms. The number of anilines is 2. The summed E-state index contributed by atoms with van der Waals surface area (Å²) in [5.41, 5.74) is 3.85. The molecular formula is C24H18N4O4S2. The number of benzene rings is 3. The van der Waals surface area contributed by atoms with E-state index in [1.54, 1.807) is 24.3 Å².